The Balaban J connectivity index is 1.84. The van der Waals surface area contributed by atoms with Crippen LogP contribution in [-0.2, 0) is 15.9 Å². The summed E-state index contributed by atoms with van der Waals surface area (Å²) in [5.74, 6) is 0. The first kappa shape index (κ1) is 12.0. The maximum atomic E-state index is 8.79. The number of rotatable bonds is 4. The minimum atomic E-state index is -0.169. The molecule has 1 aromatic rings. The zero-order valence-corrected chi connectivity index (χ0v) is 10.5. The molecule has 3 nitrogen and oxygen atoms in total. The Hall–Kier alpha value is -0.420. The van der Waals surface area contributed by atoms with Gasteiger partial charge in [-0.3, -0.25) is 0 Å². The van der Waals surface area contributed by atoms with Crippen LogP contribution in [0.15, 0.2) is 28.7 Å². The molecular formula is C12H15BrO3. The first-order valence-electron chi connectivity index (χ1n) is 5.40. The number of aliphatic hydroxyl groups is 1. The van der Waals surface area contributed by atoms with Gasteiger partial charge in [-0.05, 0) is 24.1 Å². The van der Waals surface area contributed by atoms with Crippen LogP contribution < -0.4 is 0 Å². The van der Waals surface area contributed by atoms with Gasteiger partial charge in [0.15, 0.2) is 6.29 Å². The molecule has 1 heterocycles. The Bertz CT molecular complexity index is 326. The molecule has 0 bridgehead atoms. The molecule has 2 rings (SSSR count). The fraction of sp³-hybridized carbons (Fsp3) is 0.500. The highest BCUT2D eigenvalue weighted by Crippen LogP contribution is 2.19. The van der Waals surface area contributed by atoms with Gasteiger partial charge in [-0.25, -0.2) is 0 Å². The summed E-state index contributed by atoms with van der Waals surface area (Å²) in [6.45, 7) is 0.737. The van der Waals surface area contributed by atoms with Crippen LogP contribution in [0, 0.1) is 0 Å². The molecule has 4 heteroatoms. The van der Waals surface area contributed by atoms with Crippen molar-refractivity contribution in [2.24, 2.45) is 0 Å². The standard InChI is InChI=1S/C12H15BrO3/c13-10-3-1-9(2-4-10)7-12-15-8-11(16-12)5-6-14/h1-4,11-12,14H,5-8H2. The Morgan fingerprint density at radius 2 is 2.06 bits per heavy atom. The van der Waals surface area contributed by atoms with E-state index in [1.807, 2.05) is 12.1 Å². The van der Waals surface area contributed by atoms with Gasteiger partial charge >= 0.3 is 0 Å². The summed E-state index contributed by atoms with van der Waals surface area (Å²) in [6.07, 6.45) is 1.29. The van der Waals surface area contributed by atoms with E-state index < -0.39 is 0 Å². The Morgan fingerprint density at radius 1 is 1.31 bits per heavy atom. The number of hydrogen-bond donors (Lipinski definition) is 1. The van der Waals surface area contributed by atoms with E-state index in [2.05, 4.69) is 28.1 Å². The van der Waals surface area contributed by atoms with Crippen LogP contribution in [0.3, 0.4) is 0 Å². The number of halogens is 1. The van der Waals surface area contributed by atoms with E-state index in [-0.39, 0.29) is 19.0 Å². The van der Waals surface area contributed by atoms with Crippen LogP contribution in [0.2, 0.25) is 0 Å². The van der Waals surface area contributed by atoms with Gasteiger partial charge < -0.3 is 14.6 Å². The van der Waals surface area contributed by atoms with Gasteiger partial charge in [0.2, 0.25) is 0 Å². The summed E-state index contributed by atoms with van der Waals surface area (Å²) in [7, 11) is 0. The molecule has 1 aromatic carbocycles. The average Bonchev–Trinajstić information content (AvgIpc) is 2.70. The molecule has 0 radical (unpaired) electrons. The smallest absolute Gasteiger partial charge is 0.162 e. The summed E-state index contributed by atoms with van der Waals surface area (Å²) < 4.78 is 12.2. The van der Waals surface area contributed by atoms with Crippen molar-refractivity contribution in [3.8, 4) is 0 Å². The first-order valence-corrected chi connectivity index (χ1v) is 6.19. The van der Waals surface area contributed by atoms with Gasteiger partial charge in [0.25, 0.3) is 0 Å². The second-order valence-electron chi connectivity index (χ2n) is 3.86. The third-order valence-corrected chi connectivity index (χ3v) is 3.11. The molecule has 2 unspecified atom stereocenters. The molecule has 1 saturated heterocycles. The molecule has 1 aliphatic heterocycles. The maximum Gasteiger partial charge on any atom is 0.162 e. The summed E-state index contributed by atoms with van der Waals surface area (Å²) in [5.41, 5.74) is 1.19. The summed E-state index contributed by atoms with van der Waals surface area (Å²) in [5, 5.41) is 8.79. The van der Waals surface area contributed by atoms with Gasteiger partial charge in [0.1, 0.15) is 0 Å². The van der Waals surface area contributed by atoms with Crippen LogP contribution in [0.1, 0.15) is 12.0 Å². The fourth-order valence-corrected chi connectivity index (χ4v) is 1.99. The number of hydrogen-bond acceptors (Lipinski definition) is 3. The van der Waals surface area contributed by atoms with Crippen molar-refractivity contribution >= 4 is 15.9 Å². The lowest BCUT2D eigenvalue weighted by Gasteiger charge is -2.10. The minimum absolute atomic E-state index is 0.0467. The van der Waals surface area contributed by atoms with E-state index in [4.69, 9.17) is 14.6 Å². The van der Waals surface area contributed by atoms with Gasteiger partial charge in [0.05, 0.1) is 12.7 Å². The zero-order chi connectivity index (χ0) is 11.4. The second kappa shape index (κ2) is 5.77. The highest BCUT2D eigenvalue weighted by Gasteiger charge is 2.25. The summed E-state index contributed by atoms with van der Waals surface area (Å²) in [4.78, 5) is 0. The minimum Gasteiger partial charge on any atom is -0.396 e. The summed E-state index contributed by atoms with van der Waals surface area (Å²) in [6, 6.07) is 8.12. The van der Waals surface area contributed by atoms with Gasteiger partial charge in [-0.1, -0.05) is 28.1 Å². The third-order valence-electron chi connectivity index (χ3n) is 2.58. The Labute approximate surface area is 104 Å². The van der Waals surface area contributed by atoms with Crippen LogP contribution in [0.5, 0.6) is 0 Å². The molecule has 1 fully saturated rings. The Morgan fingerprint density at radius 3 is 2.75 bits per heavy atom. The lowest BCUT2D eigenvalue weighted by Crippen LogP contribution is -2.15. The fourth-order valence-electron chi connectivity index (χ4n) is 1.72. The molecule has 0 spiro atoms. The SMILES string of the molecule is OCCC1COC(Cc2ccc(Br)cc2)O1. The third kappa shape index (κ3) is 3.28. The molecule has 0 aromatic heterocycles. The van der Waals surface area contributed by atoms with Crippen LogP contribution in [0.4, 0.5) is 0 Å². The molecule has 16 heavy (non-hydrogen) atoms. The lowest BCUT2D eigenvalue weighted by molar-refractivity contribution is -0.0583. The van der Waals surface area contributed by atoms with E-state index >= 15 is 0 Å². The molecule has 0 aliphatic carbocycles. The first-order chi connectivity index (χ1) is 7.78. The second-order valence-corrected chi connectivity index (χ2v) is 4.78. The van der Waals surface area contributed by atoms with Crippen molar-refractivity contribution in [3.63, 3.8) is 0 Å². The molecule has 0 saturated carbocycles. The van der Waals surface area contributed by atoms with E-state index in [0.29, 0.717) is 13.0 Å². The average molecular weight is 287 g/mol. The van der Waals surface area contributed by atoms with Gasteiger partial charge in [0, 0.05) is 17.5 Å². The highest BCUT2D eigenvalue weighted by atomic mass is 79.9. The Kier molecular flexibility index (Phi) is 4.35. The van der Waals surface area contributed by atoms with Crippen molar-refractivity contribution < 1.29 is 14.6 Å². The number of benzene rings is 1. The predicted octanol–water partition coefficient (Wildman–Crippen LogP) is 2.12. The van der Waals surface area contributed by atoms with Crippen molar-refractivity contribution in [1.82, 2.24) is 0 Å². The zero-order valence-electron chi connectivity index (χ0n) is 8.93. The van der Waals surface area contributed by atoms with E-state index in [1.54, 1.807) is 0 Å². The predicted molar refractivity (Wildman–Crippen MR) is 64.2 cm³/mol. The monoisotopic (exact) mass is 286 g/mol. The molecule has 2 atom stereocenters. The summed E-state index contributed by atoms with van der Waals surface area (Å²) >= 11 is 3.40. The molecule has 88 valence electrons. The lowest BCUT2D eigenvalue weighted by atomic mass is 10.1. The topological polar surface area (TPSA) is 38.7 Å². The van der Waals surface area contributed by atoms with E-state index in [0.717, 1.165) is 10.9 Å². The normalized spacial score (nSPS) is 24.9. The molecule has 1 N–H and O–H groups in total. The quantitative estimate of drug-likeness (QED) is 0.922. The van der Waals surface area contributed by atoms with E-state index in [9.17, 15) is 0 Å². The molecule has 0 amide bonds. The molecule has 1 aliphatic rings. The highest BCUT2D eigenvalue weighted by molar-refractivity contribution is 9.10. The molecular weight excluding hydrogens is 272 g/mol. The van der Waals surface area contributed by atoms with Crippen molar-refractivity contribution in [1.29, 1.82) is 0 Å². The van der Waals surface area contributed by atoms with Gasteiger partial charge in [-0.15, -0.1) is 0 Å². The van der Waals surface area contributed by atoms with Crippen LogP contribution in [0.25, 0.3) is 0 Å². The van der Waals surface area contributed by atoms with Crippen molar-refractivity contribution in [2.75, 3.05) is 13.2 Å². The van der Waals surface area contributed by atoms with Crippen molar-refractivity contribution in [2.45, 2.75) is 25.2 Å². The van der Waals surface area contributed by atoms with Crippen LogP contribution >= 0.6 is 15.9 Å². The van der Waals surface area contributed by atoms with E-state index in [1.165, 1.54) is 5.56 Å². The van der Waals surface area contributed by atoms with Crippen LogP contribution in [-0.4, -0.2) is 30.7 Å². The largest absolute Gasteiger partial charge is 0.396 e. The van der Waals surface area contributed by atoms with Crippen molar-refractivity contribution in [3.05, 3.63) is 34.3 Å². The maximum absolute atomic E-state index is 8.79. The number of aliphatic hydroxyl groups excluding tert-OH is 1. The number of ether oxygens (including phenoxy) is 2. The van der Waals surface area contributed by atoms with Gasteiger partial charge in [-0.2, -0.15) is 0 Å².